The molecule has 0 amide bonds. The van der Waals surface area contributed by atoms with Crippen LogP contribution < -0.4 is 11.5 Å². The van der Waals surface area contributed by atoms with Crippen molar-refractivity contribution >= 4 is 44.9 Å². The van der Waals surface area contributed by atoms with E-state index < -0.39 is 56.4 Å². The fraction of sp³-hybridized carbons (Fsp3) is 0.222. The van der Waals surface area contributed by atoms with Gasteiger partial charge in [0.1, 0.15) is 11.1 Å². The zero-order chi connectivity index (χ0) is 24.0. The molecule has 0 aromatic heterocycles. The fourth-order valence-corrected chi connectivity index (χ4v) is 4.99. The van der Waals surface area contributed by atoms with Crippen molar-refractivity contribution in [1.82, 2.24) is 0 Å². The highest BCUT2D eigenvalue weighted by molar-refractivity contribution is 8.76. The monoisotopic (exact) mass is 482 g/mol. The van der Waals surface area contributed by atoms with Crippen LogP contribution in [0, 0.1) is 20.2 Å². The van der Waals surface area contributed by atoms with Crippen LogP contribution >= 0.6 is 21.6 Å². The maximum atomic E-state index is 11.3. The summed E-state index contributed by atoms with van der Waals surface area (Å²) in [6.45, 7) is 0. The predicted molar refractivity (Wildman–Crippen MR) is 119 cm³/mol. The largest absolute Gasteiger partial charge is 0.477 e. The van der Waals surface area contributed by atoms with E-state index in [-0.39, 0.29) is 0 Å². The molecule has 0 aliphatic rings. The average Bonchev–Trinajstić information content (AvgIpc) is 2.75. The summed E-state index contributed by atoms with van der Waals surface area (Å²) in [6, 6.07) is 6.15. The molecule has 0 heterocycles. The molecule has 2 unspecified atom stereocenters. The van der Waals surface area contributed by atoms with Gasteiger partial charge in [-0.25, -0.2) is 9.59 Å². The summed E-state index contributed by atoms with van der Waals surface area (Å²) in [5.74, 6) is -2.17. The second-order valence-corrected chi connectivity index (χ2v) is 9.01. The molecule has 0 fully saturated rings. The number of nitro benzene ring substituents is 2. The van der Waals surface area contributed by atoms with Gasteiger partial charge in [0.2, 0.25) is 0 Å². The second-order valence-electron chi connectivity index (χ2n) is 6.46. The number of carboxylic acids is 2. The number of nitro groups is 2. The highest BCUT2D eigenvalue weighted by Crippen LogP contribution is 2.32. The van der Waals surface area contributed by atoms with Crippen LogP contribution in [0.4, 0.5) is 11.4 Å². The number of rotatable bonds is 11. The molecule has 2 atom stereocenters. The van der Waals surface area contributed by atoms with Crippen molar-refractivity contribution in [2.45, 2.75) is 12.1 Å². The zero-order valence-corrected chi connectivity index (χ0v) is 17.9. The van der Waals surface area contributed by atoms with Crippen molar-refractivity contribution in [1.29, 1.82) is 0 Å². The SMILES string of the molecule is NC(CSSCC(N)c1ccc([N+](=O)[O-])c(C(=O)O)c1)c1ccc([N+](=O)[O-])c(C(=O)O)c1. The summed E-state index contributed by atoms with van der Waals surface area (Å²) >= 11 is 0. The van der Waals surface area contributed by atoms with Gasteiger partial charge in [-0.15, -0.1) is 0 Å². The molecule has 2 aromatic carbocycles. The van der Waals surface area contributed by atoms with E-state index >= 15 is 0 Å². The van der Waals surface area contributed by atoms with Gasteiger partial charge in [-0.1, -0.05) is 33.7 Å². The molecule has 0 aliphatic carbocycles. The Morgan fingerprint density at radius 1 is 0.812 bits per heavy atom. The number of hydrogen-bond donors (Lipinski definition) is 4. The molecule has 170 valence electrons. The first-order chi connectivity index (χ1) is 15.0. The molecule has 0 aliphatic heterocycles. The van der Waals surface area contributed by atoms with Crippen molar-refractivity contribution in [3.63, 3.8) is 0 Å². The Bertz CT molecular complexity index is 982. The lowest BCUT2D eigenvalue weighted by molar-refractivity contribution is -0.385. The van der Waals surface area contributed by atoms with Gasteiger partial charge < -0.3 is 21.7 Å². The molecule has 2 aromatic rings. The van der Waals surface area contributed by atoms with Crippen LogP contribution in [-0.2, 0) is 0 Å². The lowest BCUT2D eigenvalue weighted by atomic mass is 10.0. The molecule has 0 spiro atoms. The standard InChI is InChI=1S/C18H18N4O8S2/c19-13(9-1-3-15(21(27)28)11(5-9)17(23)24)7-31-32-8-14(20)10-2-4-16(22(29)30)12(6-10)18(25)26/h1-6,13-14H,7-8,19-20H2,(H,23,24)(H,25,26). The van der Waals surface area contributed by atoms with Crippen molar-refractivity contribution in [2.75, 3.05) is 11.5 Å². The maximum absolute atomic E-state index is 11.3. The quantitative estimate of drug-likeness (QED) is 0.157. The summed E-state index contributed by atoms with van der Waals surface area (Å²) < 4.78 is 0. The van der Waals surface area contributed by atoms with Crippen molar-refractivity contribution in [3.05, 3.63) is 78.9 Å². The van der Waals surface area contributed by atoms with Crippen LogP contribution in [0.1, 0.15) is 43.9 Å². The lowest BCUT2D eigenvalue weighted by Gasteiger charge is -2.14. The maximum Gasteiger partial charge on any atom is 0.342 e. The van der Waals surface area contributed by atoms with Crippen LogP contribution in [0.5, 0.6) is 0 Å². The third kappa shape index (κ3) is 6.16. The number of nitrogens with two attached hydrogens (primary N) is 2. The van der Waals surface area contributed by atoms with Crippen LogP contribution in [0.25, 0.3) is 0 Å². The van der Waals surface area contributed by atoms with Gasteiger partial charge in [0.15, 0.2) is 0 Å². The minimum atomic E-state index is -1.43. The Labute approximate surface area is 188 Å². The van der Waals surface area contributed by atoms with Crippen molar-refractivity contribution < 1.29 is 29.6 Å². The minimum absolute atomic E-state index is 0.342. The van der Waals surface area contributed by atoms with Gasteiger partial charge in [0, 0.05) is 35.7 Å². The third-order valence-corrected chi connectivity index (χ3v) is 6.80. The molecule has 0 saturated carbocycles. The van der Waals surface area contributed by atoms with E-state index in [1.54, 1.807) is 0 Å². The fourth-order valence-electron chi connectivity index (χ4n) is 2.66. The first-order valence-electron chi connectivity index (χ1n) is 8.81. The highest BCUT2D eigenvalue weighted by Gasteiger charge is 2.23. The van der Waals surface area contributed by atoms with E-state index in [0.717, 1.165) is 12.1 Å². The molecule has 2 rings (SSSR count). The van der Waals surface area contributed by atoms with E-state index in [1.165, 1.54) is 45.9 Å². The number of aromatic carboxylic acids is 2. The molecule has 14 heteroatoms. The Balaban J connectivity index is 1.97. The minimum Gasteiger partial charge on any atom is -0.477 e. The zero-order valence-electron chi connectivity index (χ0n) is 16.2. The second kappa shape index (κ2) is 10.9. The smallest absolute Gasteiger partial charge is 0.342 e. The van der Waals surface area contributed by atoms with Gasteiger partial charge in [-0.05, 0) is 23.3 Å². The molecule has 32 heavy (non-hydrogen) atoms. The Morgan fingerprint density at radius 3 is 1.44 bits per heavy atom. The molecule has 12 nitrogen and oxygen atoms in total. The van der Waals surface area contributed by atoms with Crippen LogP contribution in [0.15, 0.2) is 36.4 Å². The van der Waals surface area contributed by atoms with E-state index in [4.69, 9.17) is 21.7 Å². The molecule has 0 saturated heterocycles. The van der Waals surface area contributed by atoms with E-state index in [9.17, 15) is 29.8 Å². The predicted octanol–water partition coefficient (Wildman–Crippen LogP) is 2.98. The number of nitrogens with zero attached hydrogens (tertiary/aromatic N) is 2. The molecule has 0 bridgehead atoms. The lowest BCUT2D eigenvalue weighted by Crippen LogP contribution is -2.16. The Morgan fingerprint density at radius 2 is 1.16 bits per heavy atom. The third-order valence-electron chi connectivity index (χ3n) is 4.33. The van der Waals surface area contributed by atoms with Crippen LogP contribution in [-0.4, -0.2) is 43.5 Å². The van der Waals surface area contributed by atoms with E-state index in [2.05, 4.69) is 0 Å². The number of carboxylic acid groups (broad SMARTS) is 2. The summed E-state index contributed by atoms with van der Waals surface area (Å²) in [4.78, 5) is 42.8. The van der Waals surface area contributed by atoms with Crippen molar-refractivity contribution in [3.8, 4) is 0 Å². The normalized spacial score (nSPS) is 12.7. The molecular weight excluding hydrogens is 464 g/mol. The number of benzene rings is 2. The summed E-state index contributed by atoms with van der Waals surface area (Å²) in [6.07, 6.45) is 0. The molecule has 0 radical (unpaired) electrons. The van der Waals surface area contributed by atoms with Gasteiger partial charge in [-0.3, -0.25) is 20.2 Å². The van der Waals surface area contributed by atoms with E-state index in [1.807, 2.05) is 0 Å². The van der Waals surface area contributed by atoms with Gasteiger partial charge >= 0.3 is 11.9 Å². The Hall–Kier alpha value is -3.20. The van der Waals surface area contributed by atoms with E-state index in [0.29, 0.717) is 22.6 Å². The molecule has 6 N–H and O–H groups in total. The summed E-state index contributed by atoms with van der Waals surface area (Å²) in [5, 5.41) is 40.2. The summed E-state index contributed by atoms with van der Waals surface area (Å²) in [7, 11) is 2.66. The van der Waals surface area contributed by atoms with Gasteiger partial charge in [0.25, 0.3) is 11.4 Å². The van der Waals surface area contributed by atoms with Gasteiger partial charge in [0.05, 0.1) is 9.85 Å². The number of carbonyl (C=O) groups is 2. The topological polar surface area (TPSA) is 213 Å². The van der Waals surface area contributed by atoms with Crippen molar-refractivity contribution in [2.24, 2.45) is 11.5 Å². The average molecular weight is 482 g/mol. The first-order valence-corrected chi connectivity index (χ1v) is 11.3. The molecular formula is C18H18N4O8S2. The highest BCUT2D eigenvalue weighted by atomic mass is 33.1. The summed E-state index contributed by atoms with van der Waals surface area (Å²) in [5.41, 5.74) is 11.0. The first kappa shape index (κ1) is 25.1. The number of hydrogen-bond acceptors (Lipinski definition) is 10. The van der Waals surface area contributed by atoms with Gasteiger partial charge in [-0.2, -0.15) is 0 Å². The van der Waals surface area contributed by atoms with Crippen LogP contribution in [0.2, 0.25) is 0 Å². The van der Waals surface area contributed by atoms with Crippen LogP contribution in [0.3, 0.4) is 0 Å². The Kier molecular flexibility index (Phi) is 8.54.